The highest BCUT2D eigenvalue weighted by molar-refractivity contribution is 5.93. The van der Waals surface area contributed by atoms with Crippen molar-refractivity contribution in [3.63, 3.8) is 0 Å². The van der Waals surface area contributed by atoms with E-state index in [1.54, 1.807) is 81.4 Å². The van der Waals surface area contributed by atoms with E-state index < -0.39 is 17.9 Å². The Morgan fingerprint density at radius 1 is 0.640 bits per heavy atom. The Hall–Kier alpha value is -5.96. The van der Waals surface area contributed by atoms with Gasteiger partial charge >= 0.3 is 23.9 Å². The van der Waals surface area contributed by atoms with Gasteiger partial charge < -0.3 is 23.7 Å². The molecule has 4 aromatic carbocycles. The lowest BCUT2D eigenvalue weighted by Crippen LogP contribution is -2.09. The standard InChI is InChI=1S/C41H40O9/c1-27(2)39(43)47-23-9-7-6-8-22-46-34-16-13-31(14-17-34)41(45)49-35-19-20-37(29(5)24-35)50-38(42)21-11-30-10-12-33-26-36(18-15-32(33)25-30)48-40(44)28(3)4/h10-21,24-26H,1,3,6-9,22-23H2,2,4-5H3/b21-11+. The molecule has 9 nitrogen and oxygen atoms in total. The van der Waals surface area contributed by atoms with Crippen molar-refractivity contribution in [2.24, 2.45) is 0 Å². The molecule has 0 fully saturated rings. The van der Waals surface area contributed by atoms with Gasteiger partial charge in [0.1, 0.15) is 23.0 Å². The largest absolute Gasteiger partial charge is 0.494 e. The molecule has 0 unspecified atom stereocenters. The molecule has 0 spiro atoms. The Bertz CT molecular complexity index is 1920. The number of benzene rings is 4. The minimum Gasteiger partial charge on any atom is -0.494 e. The monoisotopic (exact) mass is 676 g/mol. The zero-order valence-corrected chi connectivity index (χ0v) is 28.5. The summed E-state index contributed by atoms with van der Waals surface area (Å²) in [6, 6.07) is 22.3. The number of aryl methyl sites for hydroxylation is 1. The fraction of sp³-hybridized carbons (Fsp3) is 0.220. The van der Waals surface area contributed by atoms with E-state index in [0.29, 0.717) is 58.5 Å². The van der Waals surface area contributed by atoms with Gasteiger partial charge in [0, 0.05) is 17.2 Å². The van der Waals surface area contributed by atoms with Gasteiger partial charge in [0.25, 0.3) is 0 Å². The van der Waals surface area contributed by atoms with Crippen LogP contribution in [0.3, 0.4) is 0 Å². The second-order valence-corrected chi connectivity index (χ2v) is 11.7. The van der Waals surface area contributed by atoms with Crippen LogP contribution in [0.4, 0.5) is 0 Å². The molecule has 4 rings (SSSR count). The van der Waals surface area contributed by atoms with Crippen molar-refractivity contribution in [1.29, 1.82) is 0 Å². The van der Waals surface area contributed by atoms with Crippen LogP contribution >= 0.6 is 0 Å². The van der Waals surface area contributed by atoms with Crippen LogP contribution in [0.25, 0.3) is 16.8 Å². The molecule has 0 atom stereocenters. The molecule has 0 amide bonds. The number of hydrogen-bond donors (Lipinski definition) is 0. The SMILES string of the molecule is C=C(C)C(=O)OCCCCCCOc1ccc(C(=O)Oc2ccc(OC(=O)/C=C/c3ccc4cc(OC(=O)C(=C)C)ccc4c3)c(C)c2)cc1. The molecule has 0 radical (unpaired) electrons. The summed E-state index contributed by atoms with van der Waals surface area (Å²) in [5.74, 6) is -0.232. The Morgan fingerprint density at radius 3 is 1.96 bits per heavy atom. The zero-order chi connectivity index (χ0) is 36.0. The number of carbonyl (C=O) groups is 4. The summed E-state index contributed by atoms with van der Waals surface area (Å²) >= 11 is 0. The van der Waals surface area contributed by atoms with E-state index in [4.69, 9.17) is 23.7 Å². The zero-order valence-electron chi connectivity index (χ0n) is 28.5. The number of rotatable bonds is 16. The van der Waals surface area contributed by atoms with E-state index in [9.17, 15) is 19.2 Å². The fourth-order valence-corrected chi connectivity index (χ4v) is 4.60. The van der Waals surface area contributed by atoms with Crippen LogP contribution in [-0.4, -0.2) is 37.1 Å². The molecule has 0 aliphatic carbocycles. The van der Waals surface area contributed by atoms with Gasteiger partial charge in [-0.3, -0.25) is 0 Å². The summed E-state index contributed by atoms with van der Waals surface area (Å²) in [5.41, 5.74) is 2.47. The van der Waals surface area contributed by atoms with Crippen LogP contribution in [-0.2, 0) is 19.1 Å². The lowest BCUT2D eigenvalue weighted by atomic mass is 10.1. The highest BCUT2D eigenvalue weighted by atomic mass is 16.5. The van der Waals surface area contributed by atoms with Crippen LogP contribution in [0.1, 0.15) is 61.0 Å². The second-order valence-electron chi connectivity index (χ2n) is 11.7. The fourth-order valence-electron chi connectivity index (χ4n) is 4.60. The highest BCUT2D eigenvalue weighted by Gasteiger charge is 2.12. The van der Waals surface area contributed by atoms with Gasteiger partial charge in [0.15, 0.2) is 0 Å². The third-order valence-corrected chi connectivity index (χ3v) is 7.35. The number of ether oxygens (including phenoxy) is 5. The van der Waals surface area contributed by atoms with Crippen molar-refractivity contribution < 1.29 is 42.9 Å². The van der Waals surface area contributed by atoms with Crippen LogP contribution in [0.2, 0.25) is 0 Å². The third-order valence-electron chi connectivity index (χ3n) is 7.35. The average molecular weight is 677 g/mol. The van der Waals surface area contributed by atoms with Gasteiger partial charge in [-0.25, -0.2) is 19.2 Å². The molecule has 9 heteroatoms. The van der Waals surface area contributed by atoms with Crippen molar-refractivity contribution in [3.8, 4) is 23.0 Å². The third kappa shape index (κ3) is 11.3. The summed E-state index contributed by atoms with van der Waals surface area (Å²) in [6.07, 6.45) is 6.48. The van der Waals surface area contributed by atoms with Gasteiger partial charge in [-0.05, 0) is 135 Å². The van der Waals surface area contributed by atoms with Gasteiger partial charge in [0.2, 0.25) is 0 Å². The molecule has 258 valence electrons. The lowest BCUT2D eigenvalue weighted by molar-refractivity contribution is -0.139. The maximum atomic E-state index is 12.7. The predicted octanol–water partition coefficient (Wildman–Crippen LogP) is 8.53. The van der Waals surface area contributed by atoms with Crippen molar-refractivity contribution in [1.82, 2.24) is 0 Å². The quantitative estimate of drug-likeness (QED) is 0.0498. The van der Waals surface area contributed by atoms with Crippen LogP contribution in [0.15, 0.2) is 109 Å². The second kappa shape index (κ2) is 18.0. The van der Waals surface area contributed by atoms with Gasteiger partial charge in [0.05, 0.1) is 18.8 Å². The highest BCUT2D eigenvalue weighted by Crippen LogP contribution is 2.26. The Kier molecular flexibility index (Phi) is 13.3. The van der Waals surface area contributed by atoms with E-state index in [2.05, 4.69) is 13.2 Å². The molecule has 0 bridgehead atoms. The predicted molar refractivity (Wildman–Crippen MR) is 191 cm³/mol. The number of carbonyl (C=O) groups excluding carboxylic acids is 4. The lowest BCUT2D eigenvalue weighted by Gasteiger charge is -2.10. The van der Waals surface area contributed by atoms with Gasteiger partial charge in [-0.2, -0.15) is 0 Å². The van der Waals surface area contributed by atoms with Crippen molar-refractivity contribution in [2.75, 3.05) is 13.2 Å². The smallest absolute Gasteiger partial charge is 0.343 e. The van der Waals surface area contributed by atoms with Crippen LogP contribution in [0.5, 0.6) is 23.0 Å². The molecular formula is C41H40O9. The molecule has 0 heterocycles. The molecule has 50 heavy (non-hydrogen) atoms. The number of hydrogen-bond acceptors (Lipinski definition) is 9. The van der Waals surface area contributed by atoms with Crippen molar-refractivity contribution >= 4 is 40.7 Å². The topological polar surface area (TPSA) is 114 Å². The van der Waals surface area contributed by atoms with E-state index in [1.165, 1.54) is 6.08 Å². The molecule has 0 saturated carbocycles. The molecule has 0 saturated heterocycles. The average Bonchev–Trinajstić information content (AvgIpc) is 3.09. The molecule has 0 N–H and O–H groups in total. The summed E-state index contributed by atoms with van der Waals surface area (Å²) in [4.78, 5) is 48.5. The Morgan fingerprint density at radius 2 is 1.26 bits per heavy atom. The molecular weight excluding hydrogens is 636 g/mol. The van der Waals surface area contributed by atoms with E-state index in [-0.39, 0.29) is 5.97 Å². The van der Waals surface area contributed by atoms with E-state index in [0.717, 1.165) is 42.0 Å². The Labute approximate surface area is 291 Å². The molecule has 0 aliphatic rings. The van der Waals surface area contributed by atoms with Crippen LogP contribution < -0.4 is 18.9 Å². The summed E-state index contributed by atoms with van der Waals surface area (Å²) in [5, 5.41) is 1.78. The minimum absolute atomic E-state index is 0.311. The minimum atomic E-state index is -0.566. The first-order valence-electron chi connectivity index (χ1n) is 16.2. The first-order chi connectivity index (χ1) is 24.0. The van der Waals surface area contributed by atoms with Crippen LogP contribution in [0, 0.1) is 6.92 Å². The summed E-state index contributed by atoms with van der Waals surface area (Å²) < 4.78 is 27.2. The number of fused-ring (bicyclic) bond motifs is 1. The van der Waals surface area contributed by atoms with Gasteiger partial charge in [-0.1, -0.05) is 31.4 Å². The number of esters is 4. The van der Waals surface area contributed by atoms with Gasteiger partial charge in [-0.15, -0.1) is 0 Å². The summed E-state index contributed by atoms with van der Waals surface area (Å²) in [6.45, 7) is 13.0. The normalized spacial score (nSPS) is 10.8. The van der Waals surface area contributed by atoms with E-state index >= 15 is 0 Å². The first kappa shape index (κ1) is 36.9. The summed E-state index contributed by atoms with van der Waals surface area (Å²) in [7, 11) is 0. The number of unbranched alkanes of at least 4 members (excludes halogenated alkanes) is 3. The molecule has 4 aromatic rings. The van der Waals surface area contributed by atoms with Crippen molar-refractivity contribution in [2.45, 2.75) is 46.5 Å². The Balaban J connectivity index is 1.21. The maximum absolute atomic E-state index is 12.7. The molecule has 0 aliphatic heterocycles. The maximum Gasteiger partial charge on any atom is 0.343 e. The van der Waals surface area contributed by atoms with E-state index in [1.807, 2.05) is 24.3 Å². The molecule has 0 aromatic heterocycles. The van der Waals surface area contributed by atoms with Crippen molar-refractivity contribution in [3.05, 3.63) is 126 Å². The first-order valence-corrected chi connectivity index (χ1v) is 16.2.